The first-order valence-electron chi connectivity index (χ1n) is 5.04. The van der Waals surface area contributed by atoms with E-state index >= 15 is 0 Å². The topological polar surface area (TPSA) is 105 Å². The first-order valence-corrected chi connectivity index (χ1v) is 5.04. The zero-order valence-electron chi connectivity index (χ0n) is 9.74. The number of nitrogens with two attached hydrogens (primary N) is 1. The van der Waals surface area contributed by atoms with Crippen molar-refractivity contribution in [2.24, 2.45) is 10.9 Å². The van der Waals surface area contributed by atoms with Gasteiger partial charge < -0.3 is 15.8 Å². The molecule has 0 bridgehead atoms. The number of amides is 1. The summed E-state index contributed by atoms with van der Waals surface area (Å²) >= 11 is 0. The smallest absolute Gasteiger partial charge is 0.256 e. The van der Waals surface area contributed by atoms with Crippen molar-refractivity contribution in [3.63, 3.8) is 0 Å². The first kappa shape index (κ1) is 12.9. The quantitative estimate of drug-likeness (QED) is 0.334. The Bertz CT molecular complexity index is 406. The van der Waals surface area contributed by atoms with E-state index in [1.54, 1.807) is 14.0 Å². The number of rotatable bonds is 4. The lowest BCUT2D eigenvalue weighted by Gasteiger charge is -2.24. The summed E-state index contributed by atoms with van der Waals surface area (Å²) in [6, 6.07) is -0.182. The van der Waals surface area contributed by atoms with E-state index in [0.29, 0.717) is 12.0 Å². The Morgan fingerprint density at radius 2 is 2.18 bits per heavy atom. The van der Waals surface area contributed by atoms with Gasteiger partial charge in [0.05, 0.1) is 5.56 Å². The summed E-state index contributed by atoms with van der Waals surface area (Å²) in [5.74, 6) is -0.120. The molecule has 3 N–H and O–H groups in total. The van der Waals surface area contributed by atoms with E-state index in [2.05, 4.69) is 15.1 Å². The number of oxime groups is 1. The van der Waals surface area contributed by atoms with E-state index in [-0.39, 0.29) is 17.8 Å². The van der Waals surface area contributed by atoms with Crippen molar-refractivity contribution in [2.45, 2.75) is 19.4 Å². The fraction of sp³-hybridized carbons (Fsp3) is 0.400. The van der Waals surface area contributed by atoms with Crippen molar-refractivity contribution in [1.29, 1.82) is 0 Å². The summed E-state index contributed by atoms with van der Waals surface area (Å²) in [6.45, 7) is 1.81. The molecule has 0 aliphatic carbocycles. The van der Waals surface area contributed by atoms with Gasteiger partial charge in [-0.1, -0.05) is 5.16 Å². The van der Waals surface area contributed by atoms with Crippen molar-refractivity contribution >= 4 is 11.7 Å². The van der Waals surface area contributed by atoms with E-state index in [9.17, 15) is 4.79 Å². The monoisotopic (exact) mass is 237 g/mol. The van der Waals surface area contributed by atoms with Crippen LogP contribution in [0.15, 0.2) is 23.9 Å². The Kier molecular flexibility index (Phi) is 4.38. The van der Waals surface area contributed by atoms with Crippen molar-refractivity contribution in [1.82, 2.24) is 14.9 Å². The number of aromatic nitrogens is 2. The number of hydrogen-bond acceptors (Lipinski definition) is 5. The Hall–Kier alpha value is -2.18. The molecule has 0 aliphatic rings. The van der Waals surface area contributed by atoms with Crippen LogP contribution in [0.3, 0.4) is 0 Å². The molecule has 7 heteroatoms. The van der Waals surface area contributed by atoms with Gasteiger partial charge in [-0.25, -0.2) is 9.97 Å². The van der Waals surface area contributed by atoms with Gasteiger partial charge in [0.15, 0.2) is 0 Å². The maximum Gasteiger partial charge on any atom is 0.256 e. The highest BCUT2D eigenvalue weighted by atomic mass is 16.4. The van der Waals surface area contributed by atoms with Gasteiger partial charge in [-0.05, 0) is 6.92 Å². The molecule has 1 aromatic rings. The highest BCUT2D eigenvalue weighted by Crippen LogP contribution is 2.06. The molecule has 0 saturated carbocycles. The lowest BCUT2D eigenvalue weighted by atomic mass is 10.2. The van der Waals surface area contributed by atoms with Gasteiger partial charge in [0.25, 0.3) is 5.91 Å². The van der Waals surface area contributed by atoms with Crippen molar-refractivity contribution in [3.8, 4) is 0 Å². The predicted octanol–water partition coefficient (Wildman–Crippen LogP) is 0.0736. The van der Waals surface area contributed by atoms with Crippen molar-refractivity contribution < 1.29 is 10.0 Å². The number of carbonyl (C=O) groups excluding carboxylic acids is 1. The zero-order valence-corrected chi connectivity index (χ0v) is 9.74. The summed E-state index contributed by atoms with van der Waals surface area (Å²) in [5, 5.41) is 11.3. The van der Waals surface area contributed by atoms with Crippen LogP contribution in [0.5, 0.6) is 0 Å². The third kappa shape index (κ3) is 3.40. The van der Waals surface area contributed by atoms with Crippen LogP contribution in [0.4, 0.5) is 0 Å². The van der Waals surface area contributed by atoms with Crippen LogP contribution in [-0.4, -0.2) is 44.9 Å². The average molecular weight is 237 g/mol. The summed E-state index contributed by atoms with van der Waals surface area (Å²) in [6.07, 6.45) is 4.55. The third-order valence-electron chi connectivity index (χ3n) is 2.42. The largest absolute Gasteiger partial charge is 0.409 e. The van der Waals surface area contributed by atoms with Crippen LogP contribution in [0.25, 0.3) is 0 Å². The van der Waals surface area contributed by atoms with Crippen molar-refractivity contribution in [3.05, 3.63) is 24.3 Å². The minimum atomic E-state index is -0.205. The van der Waals surface area contributed by atoms with Crippen molar-refractivity contribution in [2.75, 3.05) is 7.05 Å². The maximum atomic E-state index is 12.0. The Labute approximate surface area is 99.0 Å². The molecule has 1 rings (SSSR count). The van der Waals surface area contributed by atoms with Crippen LogP contribution in [-0.2, 0) is 0 Å². The molecular formula is C10H15N5O2. The molecule has 0 fully saturated rings. The molecule has 1 aromatic heterocycles. The standard InChI is InChI=1S/C10H15N5O2/c1-7(3-9(11)14-17)15(2)10(16)8-4-12-6-13-5-8/h4-7,17H,3H2,1-2H3,(H2,11,14). The fourth-order valence-electron chi connectivity index (χ4n) is 1.29. The Morgan fingerprint density at radius 1 is 1.59 bits per heavy atom. The van der Waals surface area contributed by atoms with Crippen LogP contribution in [0, 0.1) is 0 Å². The number of hydrogen-bond donors (Lipinski definition) is 2. The number of nitrogens with zero attached hydrogens (tertiary/aromatic N) is 4. The second-order valence-corrected chi connectivity index (χ2v) is 3.69. The van der Waals surface area contributed by atoms with Gasteiger partial charge in [0, 0.05) is 31.9 Å². The lowest BCUT2D eigenvalue weighted by molar-refractivity contribution is 0.0746. The number of amidine groups is 1. The molecule has 7 nitrogen and oxygen atoms in total. The second-order valence-electron chi connectivity index (χ2n) is 3.69. The minimum absolute atomic E-state index is 0.0847. The summed E-state index contributed by atoms with van der Waals surface area (Å²) in [5.41, 5.74) is 5.79. The van der Waals surface area contributed by atoms with E-state index < -0.39 is 0 Å². The molecule has 1 amide bonds. The second kappa shape index (κ2) is 5.78. The predicted molar refractivity (Wildman–Crippen MR) is 61.6 cm³/mol. The fourth-order valence-corrected chi connectivity index (χ4v) is 1.29. The number of carbonyl (C=O) groups is 1. The minimum Gasteiger partial charge on any atom is -0.409 e. The molecule has 0 radical (unpaired) electrons. The average Bonchev–Trinajstić information content (AvgIpc) is 2.37. The normalized spacial score (nSPS) is 13.2. The molecule has 17 heavy (non-hydrogen) atoms. The van der Waals surface area contributed by atoms with Gasteiger partial charge in [-0.2, -0.15) is 0 Å². The third-order valence-corrected chi connectivity index (χ3v) is 2.42. The highest BCUT2D eigenvalue weighted by molar-refractivity contribution is 5.94. The zero-order chi connectivity index (χ0) is 12.8. The van der Waals surface area contributed by atoms with E-state index in [1.165, 1.54) is 23.6 Å². The van der Waals surface area contributed by atoms with E-state index in [1.807, 2.05) is 0 Å². The SMILES string of the molecule is CC(CC(N)=NO)N(C)C(=O)c1cncnc1. The molecule has 1 atom stereocenters. The molecule has 1 heterocycles. The molecule has 0 aliphatic heterocycles. The molecule has 92 valence electrons. The van der Waals surface area contributed by atoms with Gasteiger partial charge in [0.2, 0.25) is 0 Å². The van der Waals surface area contributed by atoms with Gasteiger partial charge >= 0.3 is 0 Å². The van der Waals surface area contributed by atoms with Gasteiger partial charge in [-0.15, -0.1) is 0 Å². The molecule has 0 aromatic carbocycles. The first-order chi connectivity index (χ1) is 8.06. The summed E-state index contributed by atoms with van der Waals surface area (Å²) in [4.78, 5) is 21.0. The van der Waals surface area contributed by atoms with Crippen LogP contribution >= 0.6 is 0 Å². The summed E-state index contributed by atoms with van der Waals surface area (Å²) < 4.78 is 0. The lowest BCUT2D eigenvalue weighted by Crippen LogP contribution is -2.37. The Morgan fingerprint density at radius 3 is 2.71 bits per heavy atom. The highest BCUT2D eigenvalue weighted by Gasteiger charge is 2.18. The maximum absolute atomic E-state index is 12.0. The van der Waals surface area contributed by atoms with E-state index in [0.717, 1.165) is 0 Å². The molecule has 0 spiro atoms. The van der Waals surface area contributed by atoms with Crippen LogP contribution in [0.2, 0.25) is 0 Å². The molecule has 1 unspecified atom stereocenters. The molecular weight excluding hydrogens is 222 g/mol. The Balaban J connectivity index is 2.70. The van der Waals surface area contributed by atoms with Gasteiger partial charge in [0.1, 0.15) is 12.2 Å². The van der Waals surface area contributed by atoms with Gasteiger partial charge in [-0.3, -0.25) is 4.79 Å². The summed E-state index contributed by atoms with van der Waals surface area (Å²) in [7, 11) is 1.64. The van der Waals surface area contributed by atoms with Crippen LogP contribution < -0.4 is 5.73 Å². The van der Waals surface area contributed by atoms with Crippen LogP contribution in [0.1, 0.15) is 23.7 Å². The van der Waals surface area contributed by atoms with E-state index in [4.69, 9.17) is 10.9 Å². The molecule has 0 saturated heterocycles.